The molecule has 0 aliphatic carbocycles. The SMILES string of the molecule is CCOCCCNC(=S)NCC(=O)NC. The number of likely N-dealkylation sites (N-methyl/N-ethyl adjacent to an activating group) is 1. The van der Waals surface area contributed by atoms with Crippen LogP contribution in [0.25, 0.3) is 0 Å². The average molecular weight is 233 g/mol. The molecule has 0 unspecified atom stereocenters. The lowest BCUT2D eigenvalue weighted by Crippen LogP contribution is -2.41. The third-order valence-corrected chi connectivity index (χ3v) is 1.93. The summed E-state index contributed by atoms with van der Waals surface area (Å²) in [7, 11) is 1.59. The number of carbonyl (C=O) groups is 1. The molecule has 0 saturated heterocycles. The van der Waals surface area contributed by atoms with Gasteiger partial charge in [0.15, 0.2) is 5.11 Å². The summed E-state index contributed by atoms with van der Waals surface area (Å²) < 4.78 is 5.16. The van der Waals surface area contributed by atoms with Gasteiger partial charge in [0.05, 0.1) is 6.54 Å². The summed E-state index contributed by atoms with van der Waals surface area (Å²) in [5.41, 5.74) is 0. The van der Waals surface area contributed by atoms with Crippen LogP contribution in [0.15, 0.2) is 0 Å². The maximum absolute atomic E-state index is 10.9. The van der Waals surface area contributed by atoms with Crippen molar-refractivity contribution in [2.75, 3.05) is 33.4 Å². The van der Waals surface area contributed by atoms with Crippen LogP contribution in [0.1, 0.15) is 13.3 Å². The van der Waals surface area contributed by atoms with Crippen molar-refractivity contribution >= 4 is 23.2 Å². The van der Waals surface area contributed by atoms with E-state index in [2.05, 4.69) is 16.0 Å². The minimum Gasteiger partial charge on any atom is -0.382 e. The van der Waals surface area contributed by atoms with Gasteiger partial charge in [0.2, 0.25) is 5.91 Å². The predicted molar refractivity (Wildman–Crippen MR) is 63.8 cm³/mol. The molecule has 0 aliphatic rings. The van der Waals surface area contributed by atoms with Crippen molar-refractivity contribution in [3.8, 4) is 0 Å². The Morgan fingerprint density at radius 1 is 1.40 bits per heavy atom. The van der Waals surface area contributed by atoms with E-state index in [-0.39, 0.29) is 12.5 Å². The van der Waals surface area contributed by atoms with Crippen LogP contribution < -0.4 is 16.0 Å². The Morgan fingerprint density at radius 3 is 2.73 bits per heavy atom. The van der Waals surface area contributed by atoms with Crippen LogP contribution in [0.5, 0.6) is 0 Å². The lowest BCUT2D eigenvalue weighted by atomic mass is 10.4. The van der Waals surface area contributed by atoms with E-state index >= 15 is 0 Å². The van der Waals surface area contributed by atoms with Gasteiger partial charge in [-0.15, -0.1) is 0 Å². The van der Waals surface area contributed by atoms with Crippen LogP contribution in [0.4, 0.5) is 0 Å². The minimum absolute atomic E-state index is 0.0894. The summed E-state index contributed by atoms with van der Waals surface area (Å²) in [5.74, 6) is -0.0894. The van der Waals surface area contributed by atoms with Crippen molar-refractivity contribution in [3.63, 3.8) is 0 Å². The predicted octanol–water partition coefficient (Wildman–Crippen LogP) is -0.377. The number of thiocarbonyl (C=S) groups is 1. The Morgan fingerprint density at radius 2 is 2.13 bits per heavy atom. The number of nitrogens with one attached hydrogen (secondary N) is 3. The van der Waals surface area contributed by atoms with Gasteiger partial charge in [-0.1, -0.05) is 0 Å². The zero-order chi connectivity index (χ0) is 11.5. The number of rotatable bonds is 7. The van der Waals surface area contributed by atoms with E-state index in [1.165, 1.54) is 0 Å². The molecule has 0 heterocycles. The summed E-state index contributed by atoms with van der Waals surface area (Å²) in [5, 5.41) is 8.76. The molecule has 0 spiro atoms. The Balaban J connectivity index is 3.30. The molecular weight excluding hydrogens is 214 g/mol. The van der Waals surface area contributed by atoms with E-state index in [4.69, 9.17) is 17.0 Å². The van der Waals surface area contributed by atoms with E-state index in [1.807, 2.05) is 6.92 Å². The van der Waals surface area contributed by atoms with Crippen molar-refractivity contribution in [2.45, 2.75) is 13.3 Å². The zero-order valence-electron chi connectivity index (χ0n) is 9.26. The molecule has 0 aliphatic heterocycles. The average Bonchev–Trinajstić information content (AvgIpc) is 2.25. The van der Waals surface area contributed by atoms with Gasteiger partial charge < -0.3 is 20.7 Å². The van der Waals surface area contributed by atoms with Crippen molar-refractivity contribution in [1.82, 2.24) is 16.0 Å². The maximum atomic E-state index is 10.9. The molecule has 5 nitrogen and oxygen atoms in total. The lowest BCUT2D eigenvalue weighted by molar-refractivity contribution is -0.119. The summed E-state index contributed by atoms with van der Waals surface area (Å²) in [6, 6.07) is 0. The number of ether oxygens (including phenoxy) is 1. The van der Waals surface area contributed by atoms with Crippen LogP contribution in [0, 0.1) is 0 Å². The van der Waals surface area contributed by atoms with E-state index < -0.39 is 0 Å². The molecule has 6 heteroatoms. The summed E-state index contributed by atoms with van der Waals surface area (Å²) >= 11 is 4.96. The fraction of sp³-hybridized carbons (Fsp3) is 0.778. The number of carbonyl (C=O) groups excluding carboxylic acids is 1. The zero-order valence-corrected chi connectivity index (χ0v) is 10.1. The molecule has 0 saturated carbocycles. The van der Waals surface area contributed by atoms with E-state index in [0.717, 1.165) is 26.2 Å². The third-order valence-electron chi connectivity index (χ3n) is 1.64. The molecule has 0 atom stereocenters. The molecule has 0 aromatic rings. The van der Waals surface area contributed by atoms with Crippen LogP contribution in [0.2, 0.25) is 0 Å². The number of hydrogen-bond donors (Lipinski definition) is 3. The first-order chi connectivity index (χ1) is 7.20. The quantitative estimate of drug-likeness (QED) is 0.413. The Bertz CT molecular complexity index is 200. The first-order valence-corrected chi connectivity index (χ1v) is 5.41. The van der Waals surface area contributed by atoms with E-state index in [0.29, 0.717) is 5.11 Å². The Labute approximate surface area is 95.9 Å². The largest absolute Gasteiger partial charge is 0.382 e. The first-order valence-electron chi connectivity index (χ1n) is 5.00. The molecule has 88 valence electrons. The molecular formula is C9H19N3O2S. The molecule has 15 heavy (non-hydrogen) atoms. The van der Waals surface area contributed by atoms with E-state index in [9.17, 15) is 4.79 Å². The van der Waals surface area contributed by atoms with Gasteiger partial charge >= 0.3 is 0 Å². The second-order valence-electron chi connectivity index (χ2n) is 2.83. The Hall–Kier alpha value is -0.880. The monoisotopic (exact) mass is 233 g/mol. The van der Waals surface area contributed by atoms with Gasteiger partial charge in [-0.25, -0.2) is 0 Å². The molecule has 0 rings (SSSR count). The van der Waals surface area contributed by atoms with Crippen LogP contribution in [-0.4, -0.2) is 44.4 Å². The lowest BCUT2D eigenvalue weighted by Gasteiger charge is -2.09. The highest BCUT2D eigenvalue weighted by molar-refractivity contribution is 7.80. The smallest absolute Gasteiger partial charge is 0.239 e. The molecule has 3 N–H and O–H groups in total. The fourth-order valence-electron chi connectivity index (χ4n) is 0.832. The third kappa shape index (κ3) is 9.42. The summed E-state index contributed by atoms with van der Waals surface area (Å²) in [4.78, 5) is 10.9. The van der Waals surface area contributed by atoms with Crippen molar-refractivity contribution in [3.05, 3.63) is 0 Å². The minimum atomic E-state index is -0.0894. The molecule has 0 radical (unpaired) electrons. The van der Waals surface area contributed by atoms with Crippen LogP contribution in [0.3, 0.4) is 0 Å². The standard InChI is InChI=1S/C9H19N3O2S/c1-3-14-6-4-5-11-9(15)12-7-8(13)10-2/h3-7H2,1-2H3,(H,10,13)(H2,11,12,15). The van der Waals surface area contributed by atoms with Gasteiger partial charge in [0.1, 0.15) is 0 Å². The molecule has 0 fully saturated rings. The highest BCUT2D eigenvalue weighted by Gasteiger charge is 1.98. The Kier molecular flexibility index (Phi) is 9.10. The van der Waals surface area contributed by atoms with Gasteiger partial charge in [-0.05, 0) is 25.6 Å². The topological polar surface area (TPSA) is 62.4 Å². The highest BCUT2D eigenvalue weighted by atomic mass is 32.1. The van der Waals surface area contributed by atoms with Gasteiger partial charge in [-0.2, -0.15) is 0 Å². The highest BCUT2D eigenvalue weighted by Crippen LogP contribution is 1.80. The molecule has 0 bridgehead atoms. The van der Waals surface area contributed by atoms with Gasteiger partial charge in [-0.3, -0.25) is 4.79 Å². The first kappa shape index (κ1) is 14.1. The maximum Gasteiger partial charge on any atom is 0.239 e. The van der Waals surface area contributed by atoms with Gasteiger partial charge in [0, 0.05) is 26.8 Å². The second kappa shape index (κ2) is 9.67. The van der Waals surface area contributed by atoms with Crippen LogP contribution >= 0.6 is 12.2 Å². The number of hydrogen-bond acceptors (Lipinski definition) is 3. The van der Waals surface area contributed by atoms with E-state index in [1.54, 1.807) is 7.05 Å². The number of amides is 1. The summed E-state index contributed by atoms with van der Waals surface area (Å²) in [6.07, 6.45) is 0.898. The molecule has 0 aromatic carbocycles. The van der Waals surface area contributed by atoms with Crippen LogP contribution in [-0.2, 0) is 9.53 Å². The molecule has 0 aromatic heterocycles. The van der Waals surface area contributed by atoms with Crippen molar-refractivity contribution in [1.29, 1.82) is 0 Å². The van der Waals surface area contributed by atoms with Crippen molar-refractivity contribution in [2.24, 2.45) is 0 Å². The van der Waals surface area contributed by atoms with Crippen molar-refractivity contribution < 1.29 is 9.53 Å². The fourth-order valence-corrected chi connectivity index (χ4v) is 1.01. The summed E-state index contributed by atoms with van der Waals surface area (Å²) in [6.45, 7) is 4.37. The molecule has 1 amide bonds. The second-order valence-corrected chi connectivity index (χ2v) is 3.24. The van der Waals surface area contributed by atoms with Gasteiger partial charge in [0.25, 0.3) is 0 Å². The normalized spacial score (nSPS) is 9.47.